The molecule has 1 aliphatic heterocycles. The van der Waals surface area contributed by atoms with Crippen LogP contribution in [0.25, 0.3) is 0 Å². The molecule has 0 amide bonds. The number of halogens is 2. The van der Waals surface area contributed by atoms with E-state index in [9.17, 15) is 0 Å². The molecule has 4 rings (SSSR count). The standard InChI is InChI=1S/C25H24Cl2N2O2/c1-18-2-4-19(5-3-18)17-31-25-23(26)14-20(15-24(25)27)16-28-21-6-8-22(9-7-21)29-10-12-30-13-11-29/h2-9,14-16H,10-13,17H2,1H3. The summed E-state index contributed by atoms with van der Waals surface area (Å²) in [5, 5.41) is 0.924. The first-order valence-electron chi connectivity index (χ1n) is 10.2. The van der Waals surface area contributed by atoms with Gasteiger partial charge in [-0.05, 0) is 54.4 Å². The molecule has 6 heteroatoms. The van der Waals surface area contributed by atoms with E-state index in [2.05, 4.69) is 41.1 Å². The van der Waals surface area contributed by atoms with E-state index in [1.807, 2.05) is 36.4 Å². The summed E-state index contributed by atoms with van der Waals surface area (Å²) in [5.41, 5.74) is 5.13. The van der Waals surface area contributed by atoms with E-state index in [0.29, 0.717) is 22.4 Å². The molecule has 1 saturated heterocycles. The molecule has 31 heavy (non-hydrogen) atoms. The predicted molar refractivity (Wildman–Crippen MR) is 129 cm³/mol. The molecule has 0 aliphatic carbocycles. The minimum absolute atomic E-state index is 0.405. The second-order valence-corrected chi connectivity index (χ2v) is 8.28. The Labute approximate surface area is 193 Å². The molecule has 0 atom stereocenters. The van der Waals surface area contributed by atoms with Crippen molar-refractivity contribution in [2.24, 2.45) is 4.99 Å². The largest absolute Gasteiger partial charge is 0.486 e. The van der Waals surface area contributed by atoms with Gasteiger partial charge in [0.15, 0.2) is 5.75 Å². The first-order chi connectivity index (χ1) is 15.1. The monoisotopic (exact) mass is 454 g/mol. The maximum absolute atomic E-state index is 6.43. The fourth-order valence-corrected chi connectivity index (χ4v) is 3.96. The number of morpholine rings is 1. The highest BCUT2D eigenvalue weighted by Gasteiger charge is 2.11. The Hall–Kier alpha value is -2.53. The van der Waals surface area contributed by atoms with Crippen LogP contribution >= 0.6 is 23.2 Å². The fraction of sp³-hybridized carbons (Fsp3) is 0.240. The minimum Gasteiger partial charge on any atom is -0.486 e. The van der Waals surface area contributed by atoms with Crippen LogP contribution in [-0.2, 0) is 11.3 Å². The summed E-state index contributed by atoms with van der Waals surface area (Å²) in [4.78, 5) is 6.86. The maximum Gasteiger partial charge on any atom is 0.157 e. The van der Waals surface area contributed by atoms with Gasteiger partial charge in [-0.15, -0.1) is 0 Å². The van der Waals surface area contributed by atoms with E-state index in [1.54, 1.807) is 6.21 Å². The van der Waals surface area contributed by atoms with Gasteiger partial charge in [-0.2, -0.15) is 0 Å². The van der Waals surface area contributed by atoms with Crippen molar-refractivity contribution in [1.29, 1.82) is 0 Å². The molecule has 1 fully saturated rings. The second-order valence-electron chi connectivity index (χ2n) is 7.46. The molecule has 0 N–H and O–H groups in total. The summed E-state index contributed by atoms with van der Waals surface area (Å²) in [6.07, 6.45) is 1.76. The lowest BCUT2D eigenvalue weighted by atomic mass is 10.2. The maximum atomic E-state index is 6.43. The third-order valence-corrected chi connectivity index (χ3v) is 5.67. The van der Waals surface area contributed by atoms with Gasteiger partial charge in [0.1, 0.15) is 6.61 Å². The Bertz CT molecular complexity index is 1020. The number of anilines is 1. The van der Waals surface area contributed by atoms with Gasteiger partial charge in [0, 0.05) is 25.0 Å². The van der Waals surface area contributed by atoms with E-state index >= 15 is 0 Å². The Balaban J connectivity index is 1.41. The van der Waals surface area contributed by atoms with Crippen molar-refractivity contribution < 1.29 is 9.47 Å². The Morgan fingerprint density at radius 1 is 0.968 bits per heavy atom. The highest BCUT2D eigenvalue weighted by Crippen LogP contribution is 2.34. The van der Waals surface area contributed by atoms with Crippen molar-refractivity contribution >= 4 is 40.8 Å². The van der Waals surface area contributed by atoms with Gasteiger partial charge >= 0.3 is 0 Å². The molecule has 3 aromatic carbocycles. The normalized spacial score (nSPS) is 14.2. The van der Waals surface area contributed by atoms with Crippen molar-refractivity contribution in [2.45, 2.75) is 13.5 Å². The molecule has 160 valence electrons. The quantitative estimate of drug-likeness (QED) is 0.400. The molecule has 0 unspecified atom stereocenters. The zero-order valence-corrected chi connectivity index (χ0v) is 18.9. The summed E-state index contributed by atoms with van der Waals surface area (Å²) in [6, 6.07) is 20.0. The lowest BCUT2D eigenvalue weighted by Gasteiger charge is -2.28. The number of nitrogens with zero attached hydrogens (tertiary/aromatic N) is 2. The van der Waals surface area contributed by atoms with Gasteiger partial charge in [0.2, 0.25) is 0 Å². The zero-order valence-electron chi connectivity index (χ0n) is 17.4. The number of hydrogen-bond donors (Lipinski definition) is 0. The number of ether oxygens (including phenoxy) is 2. The Kier molecular flexibility index (Phi) is 7.13. The number of rotatable bonds is 6. The third-order valence-electron chi connectivity index (χ3n) is 5.11. The third kappa shape index (κ3) is 5.79. The molecular weight excluding hydrogens is 431 g/mol. The van der Waals surface area contributed by atoms with Crippen LogP contribution in [0.15, 0.2) is 65.7 Å². The first kappa shape index (κ1) is 21.7. The molecule has 0 radical (unpaired) electrons. The first-order valence-corrected chi connectivity index (χ1v) is 11.0. The molecular formula is C25H24Cl2N2O2. The second kappa shape index (κ2) is 10.2. The molecule has 0 aromatic heterocycles. The van der Waals surface area contributed by atoms with Crippen LogP contribution < -0.4 is 9.64 Å². The molecule has 1 heterocycles. The lowest BCUT2D eigenvalue weighted by Crippen LogP contribution is -2.36. The molecule has 0 spiro atoms. The fourth-order valence-electron chi connectivity index (χ4n) is 3.35. The van der Waals surface area contributed by atoms with Crippen LogP contribution in [0.4, 0.5) is 11.4 Å². The summed E-state index contributed by atoms with van der Waals surface area (Å²) in [5.74, 6) is 0.482. The van der Waals surface area contributed by atoms with Crippen molar-refractivity contribution in [2.75, 3.05) is 31.2 Å². The van der Waals surface area contributed by atoms with Crippen molar-refractivity contribution in [3.63, 3.8) is 0 Å². The number of benzene rings is 3. The zero-order chi connectivity index (χ0) is 21.6. The topological polar surface area (TPSA) is 34.1 Å². The van der Waals surface area contributed by atoms with Crippen LogP contribution in [0.3, 0.4) is 0 Å². The number of aliphatic imine (C=N–C) groups is 1. The SMILES string of the molecule is Cc1ccc(COc2c(Cl)cc(C=Nc3ccc(N4CCOCC4)cc3)cc2Cl)cc1. The lowest BCUT2D eigenvalue weighted by molar-refractivity contribution is 0.122. The predicted octanol–water partition coefficient (Wildman–Crippen LogP) is 6.47. The molecule has 0 bridgehead atoms. The van der Waals surface area contributed by atoms with E-state index in [1.165, 1.54) is 11.3 Å². The molecule has 0 saturated carbocycles. The van der Waals surface area contributed by atoms with Gasteiger partial charge in [0.25, 0.3) is 0 Å². The highest BCUT2D eigenvalue weighted by molar-refractivity contribution is 6.37. The van der Waals surface area contributed by atoms with Crippen LogP contribution in [0, 0.1) is 6.92 Å². The van der Waals surface area contributed by atoms with Crippen LogP contribution in [0.5, 0.6) is 5.75 Å². The van der Waals surface area contributed by atoms with Crippen LogP contribution in [-0.4, -0.2) is 32.5 Å². The van der Waals surface area contributed by atoms with E-state index in [0.717, 1.165) is 43.1 Å². The summed E-state index contributed by atoms with van der Waals surface area (Å²) >= 11 is 12.9. The van der Waals surface area contributed by atoms with Crippen molar-refractivity contribution in [3.8, 4) is 5.75 Å². The molecule has 3 aromatic rings. The van der Waals surface area contributed by atoms with Crippen LogP contribution in [0.1, 0.15) is 16.7 Å². The Morgan fingerprint density at radius 2 is 1.61 bits per heavy atom. The summed E-state index contributed by atoms with van der Waals surface area (Å²) in [6.45, 7) is 5.83. The smallest absolute Gasteiger partial charge is 0.157 e. The van der Waals surface area contributed by atoms with E-state index in [-0.39, 0.29) is 0 Å². The molecule has 4 nitrogen and oxygen atoms in total. The Morgan fingerprint density at radius 3 is 2.26 bits per heavy atom. The van der Waals surface area contributed by atoms with Crippen molar-refractivity contribution in [3.05, 3.63) is 87.4 Å². The van der Waals surface area contributed by atoms with Gasteiger partial charge in [-0.1, -0.05) is 53.0 Å². The average Bonchev–Trinajstić information content (AvgIpc) is 2.79. The highest BCUT2D eigenvalue weighted by atomic mass is 35.5. The number of aryl methyl sites for hydroxylation is 1. The van der Waals surface area contributed by atoms with E-state index in [4.69, 9.17) is 32.7 Å². The van der Waals surface area contributed by atoms with Gasteiger partial charge in [-0.25, -0.2) is 0 Å². The molecule has 1 aliphatic rings. The summed E-state index contributed by atoms with van der Waals surface area (Å²) < 4.78 is 11.3. The summed E-state index contributed by atoms with van der Waals surface area (Å²) in [7, 11) is 0. The van der Waals surface area contributed by atoms with Gasteiger partial charge < -0.3 is 14.4 Å². The number of hydrogen-bond acceptors (Lipinski definition) is 4. The average molecular weight is 455 g/mol. The van der Waals surface area contributed by atoms with E-state index < -0.39 is 0 Å². The van der Waals surface area contributed by atoms with Gasteiger partial charge in [0.05, 0.1) is 28.9 Å². The van der Waals surface area contributed by atoms with Gasteiger partial charge in [-0.3, -0.25) is 4.99 Å². The van der Waals surface area contributed by atoms with Crippen molar-refractivity contribution in [1.82, 2.24) is 0 Å². The minimum atomic E-state index is 0.405. The van der Waals surface area contributed by atoms with Crippen LogP contribution in [0.2, 0.25) is 10.0 Å².